The lowest BCUT2D eigenvalue weighted by atomic mass is 9.69. The SMILES string of the molecule is Cl.c1cc2c(c(CN3CCOCC4(CCC4)C3)c1)NCC2. The minimum atomic E-state index is 0. The molecule has 1 N–H and O–H groups in total. The van der Waals surface area contributed by atoms with Crippen molar-refractivity contribution in [1.82, 2.24) is 4.90 Å². The molecule has 1 aromatic carbocycles. The van der Waals surface area contributed by atoms with Crippen LogP contribution >= 0.6 is 12.4 Å². The van der Waals surface area contributed by atoms with Gasteiger partial charge in [-0.25, -0.2) is 0 Å². The van der Waals surface area contributed by atoms with Gasteiger partial charge in [0.2, 0.25) is 0 Å². The summed E-state index contributed by atoms with van der Waals surface area (Å²) < 4.78 is 5.86. The number of fused-ring (bicyclic) bond motifs is 1. The second-order valence-corrected chi connectivity index (χ2v) is 6.74. The van der Waals surface area contributed by atoms with Gasteiger partial charge in [-0.05, 0) is 30.4 Å². The molecule has 1 aromatic rings. The Morgan fingerprint density at radius 1 is 1.29 bits per heavy atom. The van der Waals surface area contributed by atoms with Crippen LogP contribution in [0, 0.1) is 5.41 Å². The summed E-state index contributed by atoms with van der Waals surface area (Å²) in [5.41, 5.74) is 4.84. The van der Waals surface area contributed by atoms with Gasteiger partial charge in [-0.1, -0.05) is 24.6 Å². The smallest absolute Gasteiger partial charge is 0.0593 e. The molecule has 0 amide bonds. The van der Waals surface area contributed by atoms with Gasteiger partial charge in [0.15, 0.2) is 0 Å². The first kappa shape index (κ1) is 15.1. The van der Waals surface area contributed by atoms with Crippen molar-refractivity contribution in [1.29, 1.82) is 0 Å². The van der Waals surface area contributed by atoms with E-state index in [9.17, 15) is 0 Å². The van der Waals surface area contributed by atoms with Crippen molar-refractivity contribution in [3.8, 4) is 0 Å². The Kier molecular flexibility index (Phi) is 4.43. The standard InChI is InChI=1S/C17H24N2O.ClH/c1-3-14-5-8-18-16(14)15(4-1)11-19-9-10-20-13-17(12-19)6-2-7-17;/h1,3-4,18H,2,5-13H2;1H. The van der Waals surface area contributed by atoms with Crippen molar-refractivity contribution in [2.75, 3.05) is 38.2 Å². The number of ether oxygens (including phenoxy) is 1. The van der Waals surface area contributed by atoms with E-state index in [1.54, 1.807) is 0 Å². The van der Waals surface area contributed by atoms with Gasteiger partial charge in [-0.3, -0.25) is 4.90 Å². The number of para-hydroxylation sites is 1. The molecule has 0 atom stereocenters. The van der Waals surface area contributed by atoms with Crippen molar-refractivity contribution in [2.24, 2.45) is 5.41 Å². The zero-order chi connectivity index (χ0) is 13.4. The Hall–Kier alpha value is -0.770. The van der Waals surface area contributed by atoms with Crippen LogP contribution in [0.3, 0.4) is 0 Å². The molecule has 21 heavy (non-hydrogen) atoms. The molecule has 2 aliphatic heterocycles. The summed E-state index contributed by atoms with van der Waals surface area (Å²) in [5, 5.41) is 3.56. The molecule has 1 aliphatic carbocycles. The average molecular weight is 309 g/mol. The maximum Gasteiger partial charge on any atom is 0.0593 e. The number of halogens is 1. The van der Waals surface area contributed by atoms with Gasteiger partial charge in [0.1, 0.15) is 0 Å². The summed E-state index contributed by atoms with van der Waals surface area (Å²) in [4.78, 5) is 2.61. The number of rotatable bonds is 2. The van der Waals surface area contributed by atoms with Crippen LogP contribution in [0.4, 0.5) is 5.69 Å². The fourth-order valence-electron chi connectivity index (χ4n) is 3.98. The number of hydrogen-bond acceptors (Lipinski definition) is 3. The van der Waals surface area contributed by atoms with E-state index >= 15 is 0 Å². The van der Waals surface area contributed by atoms with E-state index in [4.69, 9.17) is 4.74 Å². The first-order chi connectivity index (χ1) is 9.85. The monoisotopic (exact) mass is 308 g/mol. The van der Waals surface area contributed by atoms with Crippen LogP contribution < -0.4 is 5.32 Å². The normalized spacial score (nSPS) is 23.6. The average Bonchev–Trinajstić information content (AvgIpc) is 2.79. The molecular weight excluding hydrogens is 284 g/mol. The van der Waals surface area contributed by atoms with Crippen molar-refractivity contribution >= 4 is 18.1 Å². The Morgan fingerprint density at radius 3 is 3.00 bits per heavy atom. The van der Waals surface area contributed by atoms with Gasteiger partial charge in [0.25, 0.3) is 0 Å². The Morgan fingerprint density at radius 2 is 2.19 bits per heavy atom. The number of nitrogens with one attached hydrogen (secondary N) is 1. The van der Waals surface area contributed by atoms with Crippen LogP contribution in [0.15, 0.2) is 18.2 Å². The minimum absolute atomic E-state index is 0. The summed E-state index contributed by atoms with van der Waals surface area (Å²) >= 11 is 0. The van der Waals surface area contributed by atoms with Gasteiger partial charge in [-0.2, -0.15) is 0 Å². The lowest BCUT2D eigenvalue weighted by molar-refractivity contribution is 0.00956. The molecule has 2 heterocycles. The number of benzene rings is 1. The third-order valence-corrected chi connectivity index (χ3v) is 5.26. The number of anilines is 1. The maximum atomic E-state index is 5.86. The molecule has 0 unspecified atom stereocenters. The molecule has 116 valence electrons. The van der Waals surface area contributed by atoms with Crippen LogP contribution in [0.25, 0.3) is 0 Å². The highest BCUT2D eigenvalue weighted by Gasteiger charge is 2.40. The topological polar surface area (TPSA) is 24.5 Å². The second kappa shape index (κ2) is 6.15. The molecule has 0 bridgehead atoms. The fraction of sp³-hybridized carbons (Fsp3) is 0.647. The van der Waals surface area contributed by atoms with Crippen molar-refractivity contribution in [3.05, 3.63) is 29.3 Å². The molecule has 1 saturated heterocycles. The van der Waals surface area contributed by atoms with E-state index in [2.05, 4.69) is 28.4 Å². The molecule has 2 fully saturated rings. The quantitative estimate of drug-likeness (QED) is 0.908. The Balaban J connectivity index is 0.00000132. The van der Waals surface area contributed by atoms with Gasteiger partial charge < -0.3 is 10.1 Å². The van der Waals surface area contributed by atoms with Crippen LogP contribution in [0.1, 0.15) is 30.4 Å². The third-order valence-electron chi connectivity index (χ3n) is 5.26. The zero-order valence-corrected chi connectivity index (χ0v) is 13.4. The number of nitrogens with zero attached hydrogens (tertiary/aromatic N) is 1. The van der Waals surface area contributed by atoms with Crippen LogP contribution in [-0.4, -0.2) is 37.7 Å². The lowest BCUT2D eigenvalue weighted by Gasteiger charge is -2.42. The predicted molar refractivity (Wildman–Crippen MR) is 88.3 cm³/mol. The van der Waals surface area contributed by atoms with Gasteiger partial charge in [0.05, 0.1) is 13.2 Å². The molecule has 4 rings (SSSR count). The highest BCUT2D eigenvalue weighted by atomic mass is 35.5. The summed E-state index contributed by atoms with van der Waals surface area (Å²) in [7, 11) is 0. The summed E-state index contributed by atoms with van der Waals surface area (Å²) in [6, 6.07) is 6.77. The first-order valence-corrected chi connectivity index (χ1v) is 7.99. The van der Waals surface area contributed by atoms with Gasteiger partial charge in [-0.15, -0.1) is 12.4 Å². The largest absolute Gasteiger partial charge is 0.384 e. The van der Waals surface area contributed by atoms with E-state index < -0.39 is 0 Å². The van der Waals surface area contributed by atoms with E-state index in [1.165, 1.54) is 49.0 Å². The predicted octanol–water partition coefficient (Wildman–Crippen LogP) is 3.08. The lowest BCUT2D eigenvalue weighted by Crippen LogP contribution is -2.43. The van der Waals surface area contributed by atoms with Crippen LogP contribution in [0.2, 0.25) is 0 Å². The third kappa shape index (κ3) is 2.92. The van der Waals surface area contributed by atoms with Crippen LogP contribution in [-0.2, 0) is 17.7 Å². The van der Waals surface area contributed by atoms with E-state index in [-0.39, 0.29) is 12.4 Å². The zero-order valence-electron chi connectivity index (χ0n) is 12.6. The fourth-order valence-corrected chi connectivity index (χ4v) is 3.98. The molecule has 1 saturated carbocycles. The first-order valence-electron chi connectivity index (χ1n) is 7.99. The van der Waals surface area contributed by atoms with Gasteiger partial charge >= 0.3 is 0 Å². The maximum absolute atomic E-state index is 5.86. The molecule has 0 aromatic heterocycles. The van der Waals surface area contributed by atoms with E-state index in [1.807, 2.05) is 0 Å². The number of hydrogen-bond donors (Lipinski definition) is 1. The van der Waals surface area contributed by atoms with Crippen molar-refractivity contribution in [2.45, 2.75) is 32.2 Å². The molecule has 3 nitrogen and oxygen atoms in total. The minimum Gasteiger partial charge on any atom is -0.384 e. The molecule has 0 radical (unpaired) electrons. The Bertz CT molecular complexity index is 502. The summed E-state index contributed by atoms with van der Waals surface area (Å²) in [5.74, 6) is 0. The van der Waals surface area contributed by atoms with Gasteiger partial charge in [0, 0.05) is 37.3 Å². The highest BCUT2D eigenvalue weighted by molar-refractivity contribution is 5.85. The molecule has 1 spiro atoms. The second-order valence-electron chi connectivity index (χ2n) is 6.74. The van der Waals surface area contributed by atoms with E-state index in [0.717, 1.165) is 32.8 Å². The van der Waals surface area contributed by atoms with Crippen LogP contribution in [0.5, 0.6) is 0 Å². The summed E-state index contributed by atoms with van der Waals surface area (Å²) in [6.45, 7) is 6.33. The molecule has 3 aliphatic rings. The Labute approximate surface area is 133 Å². The van der Waals surface area contributed by atoms with Crippen molar-refractivity contribution in [3.63, 3.8) is 0 Å². The molecule has 4 heteroatoms. The summed E-state index contributed by atoms with van der Waals surface area (Å²) in [6.07, 6.45) is 5.28. The van der Waals surface area contributed by atoms with Crippen molar-refractivity contribution < 1.29 is 4.74 Å². The molecular formula is C17H25ClN2O. The highest BCUT2D eigenvalue weighted by Crippen LogP contribution is 2.43. The van der Waals surface area contributed by atoms with E-state index in [0.29, 0.717) is 5.41 Å².